The zero-order valence-corrected chi connectivity index (χ0v) is 20.3. The standard InChI is InChI=1S/C25H31N7O2S/c26-14-5-7-18-16(11-14)23(17-12-15(27)6-8-19(17)30-18)29-10-9-28-22(33)4-2-1-3-21-24-20(13-35-21)31-25(34)32-24/h5-8,11-12,20-21,24H,1-4,9-10,13,26-27H2,(H,28,33)(H,29,30)(H2,31,32,34). The minimum atomic E-state index is -0.0574. The van der Waals surface area contributed by atoms with E-state index in [1.54, 1.807) is 0 Å². The molecular weight excluding hydrogens is 462 g/mol. The van der Waals surface area contributed by atoms with Crippen LogP contribution < -0.4 is 32.7 Å². The molecule has 2 fully saturated rings. The zero-order valence-electron chi connectivity index (χ0n) is 19.5. The van der Waals surface area contributed by atoms with Crippen LogP contribution in [0.4, 0.5) is 21.9 Å². The van der Waals surface area contributed by atoms with E-state index in [0.29, 0.717) is 36.1 Å². The molecular formula is C25H31N7O2S. The summed E-state index contributed by atoms with van der Waals surface area (Å²) < 4.78 is 0. The Bertz CT molecular complexity index is 1210. The maximum atomic E-state index is 12.3. The van der Waals surface area contributed by atoms with E-state index in [1.165, 1.54) is 0 Å². The number of nitrogens with zero attached hydrogens (tertiary/aromatic N) is 1. The van der Waals surface area contributed by atoms with Gasteiger partial charge in [0.1, 0.15) is 0 Å². The van der Waals surface area contributed by atoms with E-state index >= 15 is 0 Å². The number of amides is 3. The molecule has 3 atom stereocenters. The third-order valence-electron chi connectivity index (χ3n) is 6.65. The minimum absolute atomic E-state index is 0.0533. The van der Waals surface area contributed by atoms with E-state index in [4.69, 9.17) is 16.5 Å². The van der Waals surface area contributed by atoms with E-state index in [9.17, 15) is 9.59 Å². The van der Waals surface area contributed by atoms with Crippen LogP contribution in [-0.2, 0) is 4.79 Å². The first-order chi connectivity index (χ1) is 17.0. The number of carbonyl (C=O) groups is 2. The molecule has 184 valence electrons. The number of nitrogens with one attached hydrogen (secondary N) is 4. The van der Waals surface area contributed by atoms with Gasteiger partial charge in [-0.15, -0.1) is 0 Å². The van der Waals surface area contributed by atoms with Crippen molar-refractivity contribution in [3.05, 3.63) is 36.4 Å². The number of aromatic nitrogens is 1. The predicted octanol–water partition coefficient (Wildman–Crippen LogP) is 2.81. The van der Waals surface area contributed by atoms with Gasteiger partial charge in [-0.05, 0) is 49.2 Å². The van der Waals surface area contributed by atoms with Crippen molar-refractivity contribution in [1.82, 2.24) is 20.9 Å². The summed E-state index contributed by atoms with van der Waals surface area (Å²) in [6.07, 6.45) is 3.33. The van der Waals surface area contributed by atoms with Crippen LogP contribution in [0.3, 0.4) is 0 Å². The number of thioether (sulfide) groups is 1. The fourth-order valence-electron chi connectivity index (χ4n) is 4.92. The number of rotatable bonds is 9. The number of unbranched alkanes of at least 4 members (excludes halogenated alkanes) is 1. The lowest BCUT2D eigenvalue weighted by Crippen LogP contribution is -2.36. The van der Waals surface area contributed by atoms with Crippen LogP contribution in [-0.4, -0.2) is 53.1 Å². The van der Waals surface area contributed by atoms with Gasteiger partial charge in [0.2, 0.25) is 5.91 Å². The Morgan fingerprint density at radius 3 is 2.46 bits per heavy atom. The molecule has 3 heterocycles. The first-order valence-corrected chi connectivity index (χ1v) is 13.1. The van der Waals surface area contributed by atoms with Gasteiger partial charge in [-0.3, -0.25) is 4.79 Å². The number of anilines is 3. The maximum absolute atomic E-state index is 12.3. The van der Waals surface area contributed by atoms with Gasteiger partial charge in [0.25, 0.3) is 0 Å². The van der Waals surface area contributed by atoms with Crippen molar-refractivity contribution in [2.75, 3.05) is 35.6 Å². The van der Waals surface area contributed by atoms with E-state index < -0.39 is 0 Å². The van der Waals surface area contributed by atoms with E-state index in [2.05, 4.69) is 21.3 Å². The number of urea groups is 1. The smallest absolute Gasteiger partial charge is 0.315 e. The average Bonchev–Trinajstić information content (AvgIpc) is 3.38. The van der Waals surface area contributed by atoms with Crippen LogP contribution in [0.1, 0.15) is 25.7 Å². The lowest BCUT2D eigenvalue weighted by molar-refractivity contribution is -0.121. The number of hydrogen-bond donors (Lipinski definition) is 6. The number of nitrogens with two attached hydrogens (primary N) is 2. The highest BCUT2D eigenvalue weighted by Crippen LogP contribution is 2.34. The second kappa shape index (κ2) is 10.1. The van der Waals surface area contributed by atoms with Crippen molar-refractivity contribution in [2.45, 2.75) is 43.0 Å². The molecule has 0 aliphatic carbocycles. The number of benzene rings is 2. The molecule has 2 aliphatic heterocycles. The first kappa shape index (κ1) is 23.3. The predicted molar refractivity (Wildman–Crippen MR) is 144 cm³/mol. The third-order valence-corrected chi connectivity index (χ3v) is 8.16. The molecule has 3 amide bonds. The summed E-state index contributed by atoms with van der Waals surface area (Å²) in [4.78, 5) is 28.6. The van der Waals surface area contributed by atoms with Gasteiger partial charge in [-0.25, -0.2) is 9.78 Å². The summed E-state index contributed by atoms with van der Waals surface area (Å²) in [5, 5.41) is 14.7. The highest BCUT2D eigenvalue weighted by molar-refractivity contribution is 8.00. The summed E-state index contributed by atoms with van der Waals surface area (Å²) in [7, 11) is 0. The Balaban J connectivity index is 1.10. The van der Waals surface area contributed by atoms with E-state index in [0.717, 1.165) is 52.5 Å². The molecule has 0 spiro atoms. The van der Waals surface area contributed by atoms with E-state index in [-0.39, 0.29) is 24.0 Å². The van der Waals surface area contributed by atoms with Gasteiger partial charge < -0.3 is 32.7 Å². The molecule has 5 rings (SSSR count). The summed E-state index contributed by atoms with van der Waals surface area (Å²) in [5.41, 5.74) is 16.0. The summed E-state index contributed by atoms with van der Waals surface area (Å²) >= 11 is 1.91. The number of pyridine rings is 1. The van der Waals surface area contributed by atoms with Crippen LogP contribution >= 0.6 is 11.8 Å². The largest absolute Gasteiger partial charge is 0.399 e. The van der Waals surface area contributed by atoms with Gasteiger partial charge in [0.15, 0.2) is 0 Å². The minimum Gasteiger partial charge on any atom is -0.399 e. The molecule has 0 bridgehead atoms. The third kappa shape index (κ3) is 5.17. The Morgan fingerprint density at radius 2 is 1.74 bits per heavy atom. The van der Waals surface area contributed by atoms with Gasteiger partial charge in [-0.1, -0.05) is 6.42 Å². The Hall–Kier alpha value is -3.40. The highest BCUT2D eigenvalue weighted by Gasteiger charge is 2.42. The SMILES string of the molecule is Nc1ccc2nc3ccc(N)cc3c(NCCNC(=O)CCCCC3SCC4NC(=O)NC43)c2c1. The summed E-state index contributed by atoms with van der Waals surface area (Å²) in [6.45, 7) is 1.08. The normalized spacial score (nSPS) is 21.0. The van der Waals surface area contributed by atoms with Gasteiger partial charge in [0.05, 0.1) is 28.8 Å². The lowest BCUT2D eigenvalue weighted by atomic mass is 10.0. The molecule has 3 aromatic rings. The van der Waals surface area contributed by atoms with Gasteiger partial charge in [0, 0.05) is 52.7 Å². The Kier molecular flexibility index (Phi) is 6.72. The molecule has 1 aromatic heterocycles. The Labute approximate surface area is 208 Å². The maximum Gasteiger partial charge on any atom is 0.315 e. The topological polar surface area (TPSA) is 147 Å². The van der Waals surface area contributed by atoms with Crippen molar-refractivity contribution in [3.8, 4) is 0 Å². The van der Waals surface area contributed by atoms with Crippen molar-refractivity contribution >= 4 is 62.6 Å². The monoisotopic (exact) mass is 493 g/mol. The fourth-order valence-corrected chi connectivity index (χ4v) is 6.46. The molecule has 2 aromatic carbocycles. The van der Waals surface area contributed by atoms with Crippen LogP contribution in [0.15, 0.2) is 36.4 Å². The van der Waals surface area contributed by atoms with Gasteiger partial charge in [-0.2, -0.15) is 11.8 Å². The number of fused-ring (bicyclic) bond motifs is 3. The van der Waals surface area contributed by atoms with Gasteiger partial charge >= 0.3 is 6.03 Å². The van der Waals surface area contributed by atoms with Crippen molar-refractivity contribution < 1.29 is 9.59 Å². The van der Waals surface area contributed by atoms with Crippen molar-refractivity contribution in [3.63, 3.8) is 0 Å². The first-order valence-electron chi connectivity index (χ1n) is 12.1. The molecule has 0 radical (unpaired) electrons. The van der Waals surface area contributed by atoms with Crippen LogP contribution in [0.25, 0.3) is 21.8 Å². The molecule has 35 heavy (non-hydrogen) atoms. The van der Waals surface area contributed by atoms with Crippen LogP contribution in [0.5, 0.6) is 0 Å². The summed E-state index contributed by atoms with van der Waals surface area (Å²) in [5.74, 6) is 1.01. The number of carbonyl (C=O) groups excluding carboxylic acids is 2. The van der Waals surface area contributed by atoms with Crippen LogP contribution in [0.2, 0.25) is 0 Å². The number of nitrogen functional groups attached to an aromatic ring is 2. The Morgan fingerprint density at radius 1 is 1.03 bits per heavy atom. The van der Waals surface area contributed by atoms with Crippen molar-refractivity contribution in [2.24, 2.45) is 0 Å². The molecule has 9 nitrogen and oxygen atoms in total. The highest BCUT2D eigenvalue weighted by atomic mass is 32.2. The second-order valence-electron chi connectivity index (χ2n) is 9.18. The molecule has 0 saturated carbocycles. The van der Waals surface area contributed by atoms with Crippen LogP contribution in [0, 0.1) is 0 Å². The molecule has 8 N–H and O–H groups in total. The molecule has 3 unspecified atom stereocenters. The van der Waals surface area contributed by atoms with Crippen molar-refractivity contribution in [1.29, 1.82) is 0 Å². The quantitative estimate of drug-likeness (QED) is 0.116. The molecule has 10 heteroatoms. The second-order valence-corrected chi connectivity index (χ2v) is 10.5. The fraction of sp³-hybridized carbons (Fsp3) is 0.400. The van der Waals surface area contributed by atoms with E-state index in [1.807, 2.05) is 48.2 Å². The molecule has 2 saturated heterocycles. The number of hydrogen-bond acceptors (Lipinski definition) is 7. The zero-order chi connectivity index (χ0) is 24.4. The average molecular weight is 494 g/mol. The molecule has 2 aliphatic rings. The summed E-state index contributed by atoms with van der Waals surface area (Å²) in [6, 6.07) is 11.7. The lowest BCUT2D eigenvalue weighted by Gasteiger charge is -2.16.